The zero-order chi connectivity index (χ0) is 15.2. The first kappa shape index (κ1) is 15.7. The Morgan fingerprint density at radius 3 is 2.19 bits per heavy atom. The summed E-state index contributed by atoms with van der Waals surface area (Å²) in [5, 5.41) is 0. The minimum Gasteiger partial charge on any atom is -0.377 e. The second kappa shape index (κ2) is 7.36. The first-order chi connectivity index (χ1) is 10.2. The Balaban J connectivity index is 2.04. The lowest BCUT2D eigenvalue weighted by Gasteiger charge is -2.22. The molecule has 21 heavy (non-hydrogen) atoms. The molecule has 1 heterocycles. The van der Waals surface area contributed by atoms with Gasteiger partial charge in [-0.2, -0.15) is 0 Å². The summed E-state index contributed by atoms with van der Waals surface area (Å²) in [6.07, 6.45) is 4.17. The summed E-state index contributed by atoms with van der Waals surface area (Å²) in [6, 6.07) is 6.99. The third-order valence-electron chi connectivity index (χ3n) is 3.80. The lowest BCUT2D eigenvalue weighted by Crippen LogP contribution is -2.38. The van der Waals surface area contributed by atoms with Crippen molar-refractivity contribution in [3.63, 3.8) is 0 Å². The van der Waals surface area contributed by atoms with Gasteiger partial charge in [-0.05, 0) is 25.5 Å². The monoisotopic (exact) mass is 289 g/mol. The summed E-state index contributed by atoms with van der Waals surface area (Å²) in [4.78, 5) is 26.0. The highest BCUT2D eigenvalue weighted by atomic mass is 16.5. The molecular weight excluding hydrogens is 266 g/mol. The van der Waals surface area contributed by atoms with Crippen LogP contribution < -0.4 is 0 Å². The normalized spacial score (nSPS) is 15.4. The van der Waals surface area contributed by atoms with Crippen molar-refractivity contribution < 1.29 is 14.3 Å². The Morgan fingerprint density at radius 1 is 1.05 bits per heavy atom. The summed E-state index contributed by atoms with van der Waals surface area (Å²) in [5.74, 6) is -0.397. The number of ether oxygens (including phenoxy) is 1. The van der Waals surface area contributed by atoms with E-state index in [0.29, 0.717) is 24.3 Å². The maximum atomic E-state index is 12.3. The van der Waals surface area contributed by atoms with Gasteiger partial charge in [0.05, 0.1) is 23.8 Å². The molecule has 2 rings (SSSR count). The molecule has 0 aromatic heterocycles. The van der Waals surface area contributed by atoms with Gasteiger partial charge in [-0.1, -0.05) is 38.3 Å². The van der Waals surface area contributed by atoms with Crippen molar-refractivity contribution in [2.45, 2.75) is 45.6 Å². The number of carbonyl (C=O) groups excluding carboxylic acids is 2. The molecule has 0 saturated carbocycles. The van der Waals surface area contributed by atoms with E-state index < -0.39 is 0 Å². The molecule has 1 aromatic carbocycles. The number of hydrogen-bond donors (Lipinski definition) is 0. The van der Waals surface area contributed by atoms with E-state index in [9.17, 15) is 9.59 Å². The Bertz CT molecular complexity index is 478. The van der Waals surface area contributed by atoms with E-state index >= 15 is 0 Å². The number of carbonyl (C=O) groups is 2. The molecule has 0 bridgehead atoms. The van der Waals surface area contributed by atoms with E-state index in [1.807, 2.05) is 6.92 Å². The minimum atomic E-state index is -0.198. The number of nitrogens with zero attached hydrogens (tertiary/aromatic N) is 1. The molecule has 114 valence electrons. The molecule has 0 saturated heterocycles. The molecule has 1 aromatic rings. The van der Waals surface area contributed by atoms with Crippen LogP contribution in [0.15, 0.2) is 24.3 Å². The fourth-order valence-electron chi connectivity index (χ4n) is 2.69. The Hall–Kier alpha value is -1.68. The molecule has 4 nitrogen and oxygen atoms in total. The van der Waals surface area contributed by atoms with Gasteiger partial charge < -0.3 is 4.74 Å². The first-order valence-electron chi connectivity index (χ1n) is 7.75. The van der Waals surface area contributed by atoms with E-state index in [-0.39, 0.29) is 17.9 Å². The summed E-state index contributed by atoms with van der Waals surface area (Å²) in [5.41, 5.74) is 1.01. The van der Waals surface area contributed by atoms with Crippen molar-refractivity contribution in [3.05, 3.63) is 35.4 Å². The average Bonchev–Trinajstić information content (AvgIpc) is 2.73. The van der Waals surface area contributed by atoms with Gasteiger partial charge >= 0.3 is 0 Å². The number of hydrogen-bond acceptors (Lipinski definition) is 3. The fourth-order valence-corrected chi connectivity index (χ4v) is 2.69. The van der Waals surface area contributed by atoms with Crippen LogP contribution in [-0.2, 0) is 4.74 Å². The molecule has 0 N–H and O–H groups in total. The smallest absolute Gasteiger partial charge is 0.261 e. The van der Waals surface area contributed by atoms with Crippen LogP contribution in [0.25, 0.3) is 0 Å². The zero-order valence-corrected chi connectivity index (χ0v) is 12.8. The number of rotatable bonds is 8. The number of amides is 2. The Labute approximate surface area is 126 Å². The number of unbranched alkanes of at least 4 members (excludes halogenated alkanes) is 2. The third-order valence-corrected chi connectivity index (χ3v) is 3.80. The predicted octanol–water partition coefficient (Wildman–Crippen LogP) is 3.27. The van der Waals surface area contributed by atoms with Gasteiger partial charge in [0.1, 0.15) is 0 Å². The lowest BCUT2D eigenvalue weighted by atomic mass is 10.1. The highest BCUT2D eigenvalue weighted by molar-refractivity contribution is 6.21. The van der Waals surface area contributed by atoms with Crippen LogP contribution in [0.1, 0.15) is 60.2 Å². The minimum absolute atomic E-state index is 0.0660. The lowest BCUT2D eigenvalue weighted by molar-refractivity contribution is 0.0248. The highest BCUT2D eigenvalue weighted by Gasteiger charge is 2.36. The molecule has 1 unspecified atom stereocenters. The summed E-state index contributed by atoms with van der Waals surface area (Å²) in [7, 11) is 0. The topological polar surface area (TPSA) is 46.6 Å². The summed E-state index contributed by atoms with van der Waals surface area (Å²) < 4.78 is 5.70. The zero-order valence-electron chi connectivity index (χ0n) is 12.8. The molecule has 1 aliphatic rings. The quantitative estimate of drug-likeness (QED) is 0.545. The Morgan fingerprint density at radius 2 is 1.67 bits per heavy atom. The van der Waals surface area contributed by atoms with Gasteiger partial charge in [0.15, 0.2) is 0 Å². The van der Waals surface area contributed by atoms with Crippen molar-refractivity contribution in [2.75, 3.05) is 13.2 Å². The molecular formula is C17H23NO3. The van der Waals surface area contributed by atoms with Gasteiger partial charge in [0.2, 0.25) is 0 Å². The van der Waals surface area contributed by atoms with Gasteiger partial charge in [0, 0.05) is 6.61 Å². The number of imide groups is 1. The highest BCUT2D eigenvalue weighted by Crippen LogP contribution is 2.23. The van der Waals surface area contributed by atoms with Crippen LogP contribution in [0, 0.1) is 0 Å². The van der Waals surface area contributed by atoms with Crippen molar-refractivity contribution in [1.82, 2.24) is 4.90 Å². The first-order valence-corrected chi connectivity index (χ1v) is 7.75. The largest absolute Gasteiger partial charge is 0.377 e. The van der Waals surface area contributed by atoms with Crippen LogP contribution in [0.4, 0.5) is 0 Å². The summed E-state index contributed by atoms with van der Waals surface area (Å²) >= 11 is 0. The summed E-state index contributed by atoms with van der Waals surface area (Å²) in [6.45, 7) is 5.04. The van der Waals surface area contributed by atoms with Crippen molar-refractivity contribution in [3.8, 4) is 0 Å². The van der Waals surface area contributed by atoms with E-state index in [2.05, 4.69) is 6.92 Å². The third kappa shape index (κ3) is 3.50. The Kier molecular flexibility index (Phi) is 5.51. The van der Waals surface area contributed by atoms with Gasteiger partial charge in [-0.3, -0.25) is 14.5 Å². The molecule has 1 atom stereocenters. The van der Waals surface area contributed by atoms with Crippen LogP contribution in [0.2, 0.25) is 0 Å². The molecule has 2 amide bonds. The van der Waals surface area contributed by atoms with Crippen molar-refractivity contribution >= 4 is 11.8 Å². The maximum absolute atomic E-state index is 12.3. The van der Waals surface area contributed by atoms with Crippen LogP contribution in [0.5, 0.6) is 0 Å². The van der Waals surface area contributed by atoms with Gasteiger partial charge in [-0.25, -0.2) is 0 Å². The molecule has 4 heteroatoms. The molecule has 1 aliphatic heterocycles. The van der Waals surface area contributed by atoms with E-state index in [1.165, 1.54) is 4.90 Å². The molecule has 0 spiro atoms. The van der Waals surface area contributed by atoms with Crippen LogP contribution >= 0.6 is 0 Å². The standard InChI is InChI=1S/C17H23NO3/c1-3-5-6-9-13(21-4-2)12-18-16(19)14-10-7-8-11-15(14)17(18)20/h7-8,10-11,13H,3-6,9,12H2,1-2H3. The number of fused-ring (bicyclic) bond motifs is 1. The fraction of sp³-hybridized carbons (Fsp3) is 0.529. The van der Waals surface area contributed by atoms with Crippen LogP contribution in [0.3, 0.4) is 0 Å². The van der Waals surface area contributed by atoms with E-state index in [4.69, 9.17) is 4.74 Å². The van der Waals surface area contributed by atoms with Crippen LogP contribution in [-0.4, -0.2) is 36.0 Å². The van der Waals surface area contributed by atoms with E-state index in [0.717, 1.165) is 25.7 Å². The molecule has 0 aliphatic carbocycles. The van der Waals surface area contributed by atoms with Crippen molar-refractivity contribution in [2.24, 2.45) is 0 Å². The van der Waals surface area contributed by atoms with E-state index in [1.54, 1.807) is 24.3 Å². The SMILES string of the molecule is CCCCCC(CN1C(=O)c2ccccc2C1=O)OCC. The van der Waals surface area contributed by atoms with Gasteiger partial charge in [-0.15, -0.1) is 0 Å². The maximum Gasteiger partial charge on any atom is 0.261 e. The average molecular weight is 289 g/mol. The van der Waals surface area contributed by atoms with Crippen molar-refractivity contribution in [1.29, 1.82) is 0 Å². The predicted molar refractivity (Wildman–Crippen MR) is 81.4 cm³/mol. The second-order valence-electron chi connectivity index (χ2n) is 5.34. The van der Waals surface area contributed by atoms with Gasteiger partial charge in [0.25, 0.3) is 11.8 Å². The number of benzene rings is 1. The molecule has 0 fully saturated rings. The molecule has 0 radical (unpaired) electrons. The second-order valence-corrected chi connectivity index (χ2v) is 5.34.